The number of aryl methyl sites for hydroxylation is 1. The second kappa shape index (κ2) is 7.83. The number of pyridine rings is 1. The number of urea groups is 1. The largest absolute Gasteiger partial charge is 0.334 e. The summed E-state index contributed by atoms with van der Waals surface area (Å²) >= 11 is 0. The van der Waals surface area contributed by atoms with Crippen LogP contribution in [-0.2, 0) is 13.1 Å². The van der Waals surface area contributed by atoms with E-state index in [9.17, 15) is 13.6 Å². The zero-order valence-electron chi connectivity index (χ0n) is 13.9. The van der Waals surface area contributed by atoms with Crippen molar-refractivity contribution in [2.45, 2.75) is 20.0 Å². The van der Waals surface area contributed by atoms with Gasteiger partial charge in [-0.3, -0.25) is 5.32 Å². The Balaban J connectivity index is 1.97. The Morgan fingerprint density at radius 2 is 1.88 bits per heavy atom. The molecule has 0 saturated heterocycles. The molecule has 1 aromatic carbocycles. The molecule has 0 aliphatic rings. The molecule has 5 nitrogen and oxygen atoms in total. The molecule has 0 spiro atoms. The lowest BCUT2D eigenvalue weighted by Crippen LogP contribution is -2.29. The summed E-state index contributed by atoms with van der Waals surface area (Å²) in [7, 11) is 3.87. The first kappa shape index (κ1) is 17.8. The van der Waals surface area contributed by atoms with Gasteiger partial charge in [0, 0.05) is 18.3 Å². The van der Waals surface area contributed by atoms with Gasteiger partial charge in [0.2, 0.25) is 0 Å². The van der Waals surface area contributed by atoms with Crippen LogP contribution >= 0.6 is 0 Å². The predicted molar refractivity (Wildman–Crippen MR) is 88.6 cm³/mol. The average Bonchev–Trinajstić information content (AvgIpc) is 2.45. The van der Waals surface area contributed by atoms with E-state index >= 15 is 0 Å². The van der Waals surface area contributed by atoms with Crippen molar-refractivity contribution in [1.82, 2.24) is 15.2 Å². The Labute approximate surface area is 139 Å². The molecule has 2 aromatic rings. The average molecular weight is 334 g/mol. The number of aromatic nitrogens is 1. The first-order valence-corrected chi connectivity index (χ1v) is 7.44. The fourth-order valence-corrected chi connectivity index (χ4v) is 2.23. The van der Waals surface area contributed by atoms with Crippen LogP contribution in [0.3, 0.4) is 0 Å². The molecule has 0 saturated carbocycles. The molecule has 0 fully saturated rings. The van der Waals surface area contributed by atoms with E-state index in [4.69, 9.17) is 0 Å². The van der Waals surface area contributed by atoms with Crippen molar-refractivity contribution in [1.29, 1.82) is 0 Å². The highest BCUT2D eigenvalue weighted by molar-refractivity contribution is 5.88. The van der Waals surface area contributed by atoms with Crippen LogP contribution in [0.5, 0.6) is 0 Å². The van der Waals surface area contributed by atoms with Crippen molar-refractivity contribution in [3.8, 4) is 0 Å². The first-order chi connectivity index (χ1) is 11.3. The smallest absolute Gasteiger partial charge is 0.320 e. The zero-order chi connectivity index (χ0) is 17.7. The van der Waals surface area contributed by atoms with Crippen LogP contribution in [-0.4, -0.2) is 30.0 Å². The van der Waals surface area contributed by atoms with Crippen molar-refractivity contribution < 1.29 is 13.6 Å². The number of carbonyl (C=O) groups excluding carboxylic acids is 1. The molecule has 1 heterocycles. The molecule has 2 amide bonds. The van der Waals surface area contributed by atoms with Gasteiger partial charge in [0.15, 0.2) is 0 Å². The molecule has 2 N–H and O–H groups in total. The summed E-state index contributed by atoms with van der Waals surface area (Å²) in [6.45, 7) is 2.06. The maximum atomic E-state index is 13.7. The lowest BCUT2D eigenvalue weighted by molar-refractivity contribution is 0.251. The number of hydrogen-bond donors (Lipinski definition) is 2. The summed E-state index contributed by atoms with van der Waals surface area (Å²) in [6.07, 6.45) is 1.59. The molecule has 0 aliphatic heterocycles. The van der Waals surface area contributed by atoms with Crippen LogP contribution in [0.2, 0.25) is 0 Å². The van der Waals surface area contributed by atoms with Crippen LogP contribution in [0.15, 0.2) is 30.5 Å². The highest BCUT2D eigenvalue weighted by Crippen LogP contribution is 2.15. The molecule has 0 atom stereocenters. The third kappa shape index (κ3) is 4.99. The fourth-order valence-electron chi connectivity index (χ4n) is 2.23. The number of nitrogens with one attached hydrogen (secondary N) is 2. The Morgan fingerprint density at radius 1 is 1.21 bits per heavy atom. The van der Waals surface area contributed by atoms with Gasteiger partial charge in [0.25, 0.3) is 0 Å². The minimum atomic E-state index is -0.682. The molecule has 0 unspecified atom stereocenters. The van der Waals surface area contributed by atoms with E-state index in [1.807, 2.05) is 25.1 Å². The maximum absolute atomic E-state index is 13.7. The quantitative estimate of drug-likeness (QED) is 0.884. The van der Waals surface area contributed by atoms with Gasteiger partial charge in [-0.15, -0.1) is 0 Å². The van der Waals surface area contributed by atoms with Crippen LogP contribution < -0.4 is 10.6 Å². The van der Waals surface area contributed by atoms with E-state index in [1.54, 1.807) is 19.2 Å². The summed E-state index contributed by atoms with van der Waals surface area (Å²) < 4.78 is 27.5. The number of carbonyl (C=O) groups is 1. The Morgan fingerprint density at radius 3 is 2.50 bits per heavy atom. The predicted octanol–water partition coefficient (Wildman–Crippen LogP) is 3.05. The van der Waals surface area contributed by atoms with E-state index in [1.165, 1.54) is 12.1 Å². The summed E-state index contributed by atoms with van der Waals surface area (Å²) in [4.78, 5) is 17.9. The molecule has 0 radical (unpaired) electrons. The number of anilines is 1. The maximum Gasteiger partial charge on any atom is 0.320 e. The summed E-state index contributed by atoms with van der Waals surface area (Å²) in [6, 6.07) is 5.46. The summed E-state index contributed by atoms with van der Waals surface area (Å²) in [5.41, 5.74) is 1.30. The van der Waals surface area contributed by atoms with Gasteiger partial charge >= 0.3 is 6.03 Å². The molecule has 128 valence electrons. The molecular formula is C17H20F2N4O. The fraction of sp³-hybridized carbons (Fsp3) is 0.294. The normalized spacial score (nSPS) is 10.8. The number of nitrogens with zero attached hydrogens (tertiary/aromatic N) is 2. The topological polar surface area (TPSA) is 57.3 Å². The minimum absolute atomic E-state index is 0.176. The van der Waals surface area contributed by atoms with Crippen LogP contribution in [0.25, 0.3) is 0 Å². The van der Waals surface area contributed by atoms with Crippen molar-refractivity contribution in [3.05, 3.63) is 58.8 Å². The molecule has 0 aliphatic carbocycles. The summed E-state index contributed by atoms with van der Waals surface area (Å²) in [5.74, 6) is -0.991. The van der Waals surface area contributed by atoms with E-state index in [0.717, 1.165) is 5.56 Å². The summed E-state index contributed by atoms with van der Waals surface area (Å²) in [5, 5.41) is 4.98. The highest BCUT2D eigenvalue weighted by Gasteiger charge is 2.11. The molecular weight excluding hydrogens is 314 g/mol. The number of halogens is 2. The first-order valence-electron chi connectivity index (χ1n) is 7.44. The Bertz CT molecular complexity index is 711. The van der Waals surface area contributed by atoms with Crippen LogP contribution in [0, 0.1) is 18.6 Å². The minimum Gasteiger partial charge on any atom is -0.334 e. The van der Waals surface area contributed by atoms with Gasteiger partial charge in [-0.25, -0.2) is 18.6 Å². The molecule has 24 heavy (non-hydrogen) atoms. The van der Waals surface area contributed by atoms with Crippen LogP contribution in [0.4, 0.5) is 19.4 Å². The van der Waals surface area contributed by atoms with Crippen molar-refractivity contribution in [2.24, 2.45) is 0 Å². The number of rotatable bonds is 5. The van der Waals surface area contributed by atoms with E-state index < -0.39 is 17.7 Å². The van der Waals surface area contributed by atoms with E-state index in [2.05, 4.69) is 15.6 Å². The standard InChI is InChI=1S/C17H20F2N4O/c1-11-6-14(18)13(15(19)7-11)9-21-17(24)22-16-8-12(4-5-20-16)10-23(2)3/h4-8H,9-10H2,1-3H3,(H2,20,21,22,24). The third-order valence-electron chi connectivity index (χ3n) is 3.28. The molecule has 7 heteroatoms. The SMILES string of the molecule is Cc1cc(F)c(CNC(=O)Nc2cc(CN(C)C)ccn2)c(F)c1. The van der Waals surface area contributed by atoms with E-state index in [-0.39, 0.29) is 12.1 Å². The van der Waals surface area contributed by atoms with Gasteiger partial charge in [-0.2, -0.15) is 0 Å². The highest BCUT2D eigenvalue weighted by atomic mass is 19.1. The van der Waals surface area contributed by atoms with Crippen molar-refractivity contribution >= 4 is 11.8 Å². The molecule has 0 bridgehead atoms. The lowest BCUT2D eigenvalue weighted by Gasteiger charge is -2.12. The van der Waals surface area contributed by atoms with Gasteiger partial charge in [0.1, 0.15) is 17.5 Å². The van der Waals surface area contributed by atoms with E-state index in [0.29, 0.717) is 17.9 Å². The number of hydrogen-bond acceptors (Lipinski definition) is 3. The number of amides is 2. The van der Waals surface area contributed by atoms with Crippen molar-refractivity contribution in [2.75, 3.05) is 19.4 Å². The van der Waals surface area contributed by atoms with Gasteiger partial charge in [-0.1, -0.05) is 0 Å². The Kier molecular flexibility index (Phi) is 5.81. The lowest BCUT2D eigenvalue weighted by atomic mass is 10.1. The monoisotopic (exact) mass is 334 g/mol. The second-order valence-electron chi connectivity index (χ2n) is 5.80. The number of benzene rings is 1. The molecule has 1 aromatic heterocycles. The zero-order valence-corrected chi connectivity index (χ0v) is 13.9. The second-order valence-corrected chi connectivity index (χ2v) is 5.80. The van der Waals surface area contributed by atoms with Crippen molar-refractivity contribution in [3.63, 3.8) is 0 Å². The third-order valence-corrected chi connectivity index (χ3v) is 3.28. The van der Waals surface area contributed by atoms with Crippen LogP contribution in [0.1, 0.15) is 16.7 Å². The van der Waals surface area contributed by atoms with Gasteiger partial charge < -0.3 is 10.2 Å². The molecule has 2 rings (SSSR count). The van der Waals surface area contributed by atoms with Gasteiger partial charge in [0.05, 0.1) is 6.54 Å². The van der Waals surface area contributed by atoms with Gasteiger partial charge in [-0.05, 0) is 56.4 Å². The Hall–Kier alpha value is -2.54.